The summed E-state index contributed by atoms with van der Waals surface area (Å²) in [7, 11) is -3.96. The number of Topliss-reactive ketones (excluding diaryl/α,β-unsaturated/α-hetero) is 1. The minimum absolute atomic E-state index is 0.152. The van der Waals surface area contributed by atoms with Gasteiger partial charge in [0, 0.05) is 11.3 Å². The van der Waals surface area contributed by atoms with E-state index in [-0.39, 0.29) is 37.5 Å². The second-order valence-electron chi connectivity index (χ2n) is 7.29. The zero-order chi connectivity index (χ0) is 24.1. The van der Waals surface area contributed by atoms with E-state index in [1.165, 1.54) is 42.5 Å². The van der Waals surface area contributed by atoms with Crippen molar-refractivity contribution < 1.29 is 27.5 Å². The van der Waals surface area contributed by atoms with Crippen LogP contribution in [0.3, 0.4) is 0 Å². The van der Waals surface area contributed by atoms with Gasteiger partial charge in [0.05, 0.1) is 20.5 Å². The van der Waals surface area contributed by atoms with Gasteiger partial charge in [-0.3, -0.25) is 14.5 Å². The minimum Gasteiger partial charge on any atom is -0.507 e. The Morgan fingerprint density at radius 1 is 1.03 bits per heavy atom. The standard InChI is InChI=1S/C22H16Cl2N2O6S/c1-11-2-9-17(32-11)19-18(20(27)12-3-8-15(23)16(24)10-12)21(28)22(29)26(19)13-4-6-14(7-5-13)33(25,30)31/h2-10,19,27H,1H3,(H2,25,30,31)/b20-18-. The van der Waals surface area contributed by atoms with Gasteiger partial charge in [-0.15, -0.1) is 0 Å². The average molecular weight is 507 g/mol. The number of hydrogen-bond acceptors (Lipinski definition) is 6. The first-order valence-corrected chi connectivity index (χ1v) is 11.7. The molecular weight excluding hydrogens is 491 g/mol. The first kappa shape index (κ1) is 23.1. The summed E-state index contributed by atoms with van der Waals surface area (Å²) in [6, 6.07) is 11.5. The number of sulfonamides is 1. The highest BCUT2D eigenvalue weighted by Gasteiger charge is 2.48. The Labute approximate surface area is 198 Å². The lowest BCUT2D eigenvalue weighted by Crippen LogP contribution is -2.29. The number of aryl methyl sites for hydroxylation is 1. The molecule has 11 heteroatoms. The van der Waals surface area contributed by atoms with Crippen molar-refractivity contribution in [3.63, 3.8) is 0 Å². The van der Waals surface area contributed by atoms with E-state index in [1.54, 1.807) is 19.1 Å². The van der Waals surface area contributed by atoms with Gasteiger partial charge in [0.25, 0.3) is 11.7 Å². The molecule has 1 aliphatic rings. The zero-order valence-electron chi connectivity index (χ0n) is 17.0. The van der Waals surface area contributed by atoms with Crippen LogP contribution in [-0.4, -0.2) is 25.2 Å². The molecule has 0 bridgehead atoms. The van der Waals surface area contributed by atoms with Crippen LogP contribution in [0.25, 0.3) is 5.76 Å². The van der Waals surface area contributed by atoms with E-state index in [4.69, 9.17) is 32.8 Å². The first-order chi connectivity index (χ1) is 15.5. The quantitative estimate of drug-likeness (QED) is 0.310. The van der Waals surface area contributed by atoms with E-state index in [1.807, 2.05) is 0 Å². The van der Waals surface area contributed by atoms with Gasteiger partial charge in [-0.25, -0.2) is 13.6 Å². The molecule has 1 saturated heterocycles. The van der Waals surface area contributed by atoms with Crippen molar-refractivity contribution in [1.82, 2.24) is 0 Å². The first-order valence-electron chi connectivity index (χ1n) is 9.44. The lowest BCUT2D eigenvalue weighted by Gasteiger charge is -2.23. The maximum absolute atomic E-state index is 13.0. The fourth-order valence-corrected chi connectivity index (χ4v) is 4.38. The van der Waals surface area contributed by atoms with Crippen molar-refractivity contribution >= 4 is 56.4 Å². The number of anilines is 1. The van der Waals surface area contributed by atoms with Gasteiger partial charge in [0.2, 0.25) is 10.0 Å². The van der Waals surface area contributed by atoms with E-state index < -0.39 is 33.5 Å². The number of aliphatic hydroxyl groups is 1. The van der Waals surface area contributed by atoms with Gasteiger partial charge in [-0.05, 0) is 61.5 Å². The van der Waals surface area contributed by atoms with Crippen LogP contribution in [0.2, 0.25) is 10.0 Å². The third-order valence-corrected chi connectivity index (χ3v) is 6.78. The number of benzene rings is 2. The van der Waals surface area contributed by atoms with Crippen LogP contribution in [0.4, 0.5) is 5.69 Å². The minimum atomic E-state index is -3.96. The normalized spacial score (nSPS) is 18.2. The summed E-state index contributed by atoms with van der Waals surface area (Å²) < 4.78 is 28.9. The molecule has 0 radical (unpaired) electrons. The molecule has 1 aromatic heterocycles. The SMILES string of the molecule is Cc1ccc(C2/C(=C(/O)c3ccc(Cl)c(Cl)c3)C(=O)C(=O)N2c2ccc(S(N)(=O)=O)cc2)o1. The third kappa shape index (κ3) is 4.16. The van der Waals surface area contributed by atoms with Crippen LogP contribution >= 0.6 is 23.2 Å². The maximum atomic E-state index is 13.0. The molecule has 170 valence electrons. The molecule has 4 rings (SSSR count). The molecule has 1 unspecified atom stereocenters. The van der Waals surface area contributed by atoms with Gasteiger partial charge in [0.15, 0.2) is 0 Å². The van der Waals surface area contributed by atoms with E-state index in [0.29, 0.717) is 5.76 Å². The Morgan fingerprint density at radius 2 is 1.70 bits per heavy atom. The van der Waals surface area contributed by atoms with E-state index >= 15 is 0 Å². The Hall–Kier alpha value is -3.11. The van der Waals surface area contributed by atoms with Crippen LogP contribution in [0.15, 0.2) is 69.5 Å². The molecule has 1 fully saturated rings. The second-order valence-corrected chi connectivity index (χ2v) is 9.66. The summed E-state index contributed by atoms with van der Waals surface area (Å²) in [6.45, 7) is 1.69. The van der Waals surface area contributed by atoms with E-state index in [9.17, 15) is 23.1 Å². The predicted octanol–water partition coefficient (Wildman–Crippen LogP) is 4.17. The lowest BCUT2D eigenvalue weighted by molar-refractivity contribution is -0.132. The number of ketones is 1. The molecule has 33 heavy (non-hydrogen) atoms. The van der Waals surface area contributed by atoms with Gasteiger partial charge in [0.1, 0.15) is 23.3 Å². The van der Waals surface area contributed by atoms with Crippen molar-refractivity contribution in [2.75, 3.05) is 4.90 Å². The molecule has 1 atom stereocenters. The van der Waals surface area contributed by atoms with Crippen molar-refractivity contribution in [1.29, 1.82) is 0 Å². The molecule has 0 aliphatic carbocycles. The van der Waals surface area contributed by atoms with Crippen LogP contribution in [0.1, 0.15) is 23.1 Å². The molecular formula is C22H16Cl2N2O6S. The van der Waals surface area contributed by atoms with Crippen molar-refractivity contribution in [3.8, 4) is 0 Å². The van der Waals surface area contributed by atoms with E-state index in [0.717, 1.165) is 4.90 Å². The van der Waals surface area contributed by atoms with Gasteiger partial charge < -0.3 is 9.52 Å². The smallest absolute Gasteiger partial charge is 0.300 e. The Balaban J connectivity index is 1.91. The highest BCUT2D eigenvalue weighted by molar-refractivity contribution is 7.89. The Kier molecular flexibility index (Phi) is 5.83. The number of hydrogen-bond donors (Lipinski definition) is 2. The van der Waals surface area contributed by atoms with Crippen molar-refractivity contribution in [2.45, 2.75) is 17.9 Å². The monoisotopic (exact) mass is 506 g/mol. The van der Waals surface area contributed by atoms with Gasteiger partial charge in [-0.1, -0.05) is 23.2 Å². The second kappa shape index (κ2) is 8.35. The molecule has 2 heterocycles. The predicted molar refractivity (Wildman–Crippen MR) is 123 cm³/mol. The molecule has 3 N–H and O–H groups in total. The topological polar surface area (TPSA) is 131 Å². The van der Waals surface area contributed by atoms with Crippen LogP contribution < -0.4 is 10.0 Å². The van der Waals surface area contributed by atoms with Gasteiger partial charge in [-0.2, -0.15) is 0 Å². The fourth-order valence-electron chi connectivity index (χ4n) is 3.56. The summed E-state index contributed by atoms with van der Waals surface area (Å²) in [5.41, 5.74) is 0.167. The van der Waals surface area contributed by atoms with Crippen molar-refractivity contribution in [2.24, 2.45) is 5.14 Å². The molecule has 0 spiro atoms. The summed E-state index contributed by atoms with van der Waals surface area (Å²) in [4.78, 5) is 27.1. The number of nitrogens with zero attached hydrogens (tertiary/aromatic N) is 1. The Morgan fingerprint density at radius 3 is 2.24 bits per heavy atom. The number of primary sulfonamides is 1. The number of carbonyl (C=O) groups is 2. The van der Waals surface area contributed by atoms with Crippen LogP contribution in [0, 0.1) is 6.92 Å². The summed E-state index contributed by atoms with van der Waals surface area (Å²) in [5, 5.41) is 16.6. The summed E-state index contributed by atoms with van der Waals surface area (Å²) >= 11 is 12.0. The van der Waals surface area contributed by atoms with Crippen LogP contribution in [0.5, 0.6) is 0 Å². The van der Waals surface area contributed by atoms with Crippen molar-refractivity contribution in [3.05, 3.63) is 87.3 Å². The zero-order valence-corrected chi connectivity index (χ0v) is 19.3. The highest BCUT2D eigenvalue weighted by atomic mass is 35.5. The maximum Gasteiger partial charge on any atom is 0.300 e. The highest BCUT2D eigenvalue weighted by Crippen LogP contribution is 2.43. The third-order valence-electron chi connectivity index (χ3n) is 5.11. The molecule has 1 aliphatic heterocycles. The van der Waals surface area contributed by atoms with Gasteiger partial charge >= 0.3 is 0 Å². The van der Waals surface area contributed by atoms with Crippen LogP contribution in [-0.2, 0) is 19.6 Å². The molecule has 8 nitrogen and oxygen atoms in total. The summed E-state index contributed by atoms with van der Waals surface area (Å²) in [5.74, 6) is -1.60. The molecule has 2 aromatic carbocycles. The molecule has 3 aromatic rings. The summed E-state index contributed by atoms with van der Waals surface area (Å²) in [6.07, 6.45) is 0. The number of rotatable bonds is 4. The number of furan rings is 1. The average Bonchev–Trinajstić information content (AvgIpc) is 3.30. The number of carbonyl (C=O) groups excluding carboxylic acids is 2. The fraction of sp³-hybridized carbons (Fsp3) is 0.0909. The number of amides is 1. The largest absolute Gasteiger partial charge is 0.507 e. The molecule has 1 amide bonds. The van der Waals surface area contributed by atoms with E-state index in [2.05, 4.69) is 0 Å². The number of aliphatic hydroxyl groups excluding tert-OH is 1. The number of nitrogens with two attached hydrogens (primary N) is 1. The number of halogens is 2. The Bertz CT molecular complexity index is 1430. The molecule has 0 saturated carbocycles. The lowest BCUT2D eigenvalue weighted by atomic mass is 9.99.